The van der Waals surface area contributed by atoms with Gasteiger partial charge in [-0.15, -0.1) is 0 Å². The Bertz CT molecular complexity index is 2870. The maximum atomic E-state index is 14.2. The van der Waals surface area contributed by atoms with E-state index in [1.807, 2.05) is 35.0 Å². The molecule has 0 atom stereocenters. The lowest BCUT2D eigenvalue weighted by Gasteiger charge is -2.46. The first-order valence-electron chi connectivity index (χ1n) is 21.0. The van der Waals surface area contributed by atoms with E-state index in [4.69, 9.17) is 0 Å². The van der Waals surface area contributed by atoms with Crippen LogP contribution >= 0.6 is 0 Å². The van der Waals surface area contributed by atoms with Gasteiger partial charge < -0.3 is 0 Å². The van der Waals surface area contributed by atoms with E-state index in [1.165, 1.54) is 12.1 Å². The molecular formula is C49H25BF25NO. The zero-order valence-electron chi connectivity index (χ0n) is 37.4. The Labute approximate surface area is 414 Å². The van der Waals surface area contributed by atoms with Gasteiger partial charge in [-0.1, -0.05) is 78.9 Å². The van der Waals surface area contributed by atoms with E-state index in [9.17, 15) is 115 Å². The SMILES string of the molecule is FC(F)(F)c1cc([B-](c2cc(C(F)(F)F)cc(C(F)(F)F)c2)(c2cc(C(F)(F)F)cc(C(F)(F)F)c2)c2cc(C(F)(F)F)cc(C(F)(F)F)c2)cc(C(F)(F)F)c1.O=C(C[n+]1ccc2cc(F)ccc2c1)c1ccccc1. The molecule has 1 aromatic heterocycles. The number of Topliss-reactive ketones (excluding diaryl/α,β-unsaturated/α-hetero) is 1. The minimum Gasteiger partial charge on any atom is -0.287 e. The monoisotopic (exact) mass is 1130 g/mol. The van der Waals surface area contributed by atoms with Crippen molar-refractivity contribution in [2.45, 2.75) is 56.0 Å². The van der Waals surface area contributed by atoms with Crippen LogP contribution in [0, 0.1) is 5.82 Å². The lowest BCUT2D eigenvalue weighted by atomic mass is 9.12. The second kappa shape index (κ2) is 20.3. The molecule has 7 aromatic rings. The number of rotatable bonds is 7. The van der Waals surface area contributed by atoms with Gasteiger partial charge in [-0.3, -0.25) is 4.79 Å². The molecule has 0 fully saturated rings. The van der Waals surface area contributed by atoms with Gasteiger partial charge >= 0.3 is 49.4 Å². The van der Waals surface area contributed by atoms with Gasteiger partial charge in [0.1, 0.15) is 12.0 Å². The Morgan fingerprint density at radius 3 is 0.909 bits per heavy atom. The van der Waals surface area contributed by atoms with Crippen LogP contribution in [0.4, 0.5) is 110 Å². The van der Waals surface area contributed by atoms with Gasteiger partial charge in [0.2, 0.25) is 12.3 Å². The van der Waals surface area contributed by atoms with Gasteiger partial charge in [0.25, 0.3) is 0 Å². The van der Waals surface area contributed by atoms with Gasteiger partial charge in [0.15, 0.2) is 12.4 Å². The summed E-state index contributed by atoms with van der Waals surface area (Å²) in [6, 6.07) is 6.82. The summed E-state index contributed by atoms with van der Waals surface area (Å²) in [5.74, 6) is -0.201. The van der Waals surface area contributed by atoms with Crippen molar-refractivity contribution < 1.29 is 119 Å². The first kappa shape index (κ1) is 59.0. The number of aromatic nitrogens is 1. The largest absolute Gasteiger partial charge is 0.416 e. The van der Waals surface area contributed by atoms with Crippen molar-refractivity contribution >= 4 is 44.6 Å². The normalized spacial score (nSPS) is 13.4. The zero-order chi connectivity index (χ0) is 57.9. The summed E-state index contributed by atoms with van der Waals surface area (Å²) < 4.78 is 356. The Kier molecular flexibility index (Phi) is 15.5. The van der Waals surface area contributed by atoms with Crippen LogP contribution in [0.15, 0.2) is 140 Å². The predicted molar refractivity (Wildman–Crippen MR) is 225 cm³/mol. The average molecular weight is 1130 g/mol. The molecular weight excluding hydrogens is 1100 g/mol. The van der Waals surface area contributed by atoms with Crippen LogP contribution in [0.25, 0.3) is 10.8 Å². The molecule has 0 saturated carbocycles. The lowest BCUT2D eigenvalue weighted by molar-refractivity contribution is -0.681. The van der Waals surface area contributed by atoms with Crippen molar-refractivity contribution in [3.63, 3.8) is 0 Å². The number of hydrogen-bond acceptors (Lipinski definition) is 1. The molecule has 0 bridgehead atoms. The Hall–Kier alpha value is -7.29. The van der Waals surface area contributed by atoms with Crippen LogP contribution in [0.1, 0.15) is 54.9 Å². The molecule has 0 unspecified atom stereocenters. The van der Waals surface area contributed by atoms with Crippen molar-refractivity contribution in [2.75, 3.05) is 0 Å². The van der Waals surface area contributed by atoms with E-state index in [0.29, 0.717) is 5.56 Å². The number of hydrogen-bond donors (Lipinski definition) is 0. The molecule has 77 heavy (non-hydrogen) atoms. The van der Waals surface area contributed by atoms with Crippen molar-refractivity contribution in [2.24, 2.45) is 0 Å². The number of alkyl halides is 24. The van der Waals surface area contributed by atoms with E-state index in [2.05, 4.69) is 0 Å². The summed E-state index contributed by atoms with van der Waals surface area (Å²) in [5.41, 5.74) is -29.5. The lowest BCUT2D eigenvalue weighted by Crippen LogP contribution is -2.75. The average Bonchev–Trinajstić information content (AvgIpc) is 3.30. The zero-order valence-corrected chi connectivity index (χ0v) is 37.4. The number of fused-ring (bicyclic) bond motifs is 1. The van der Waals surface area contributed by atoms with Crippen LogP contribution in [0.5, 0.6) is 0 Å². The highest BCUT2D eigenvalue weighted by atomic mass is 19.4. The van der Waals surface area contributed by atoms with Gasteiger partial charge in [-0.05, 0) is 47.9 Å². The van der Waals surface area contributed by atoms with Gasteiger partial charge in [-0.25, -0.2) is 4.39 Å². The number of pyridine rings is 1. The third kappa shape index (κ3) is 13.5. The predicted octanol–water partition coefficient (Wildman–Crippen LogP) is 14.4. The van der Waals surface area contributed by atoms with Crippen LogP contribution < -0.4 is 26.4 Å². The van der Waals surface area contributed by atoms with Gasteiger partial charge in [0, 0.05) is 17.0 Å². The highest BCUT2D eigenvalue weighted by molar-refractivity contribution is 7.20. The molecule has 0 aliphatic rings. The molecule has 0 saturated heterocycles. The molecule has 0 amide bonds. The third-order valence-electron chi connectivity index (χ3n) is 11.7. The number of nitrogens with zero attached hydrogens (tertiary/aromatic N) is 1. The molecule has 0 aliphatic carbocycles. The van der Waals surface area contributed by atoms with Crippen molar-refractivity contribution in [1.29, 1.82) is 0 Å². The summed E-state index contributed by atoms with van der Waals surface area (Å²) in [5, 5.41) is 1.74. The fraction of sp³-hybridized carbons (Fsp3) is 0.184. The molecule has 0 N–H and O–H groups in total. The summed E-state index contributed by atoms with van der Waals surface area (Å²) in [4.78, 5) is 12.1. The fourth-order valence-corrected chi connectivity index (χ4v) is 8.26. The number of halogens is 25. The van der Waals surface area contributed by atoms with E-state index >= 15 is 0 Å². The molecule has 6 aromatic carbocycles. The third-order valence-corrected chi connectivity index (χ3v) is 11.7. The maximum Gasteiger partial charge on any atom is 0.416 e. The molecule has 28 heteroatoms. The number of carbonyl (C=O) groups excluding carboxylic acids is 1. The standard InChI is InChI=1S/C32H12BF24.C17H13FNO/c34-25(35,36)13-1-14(26(37,38)39)6-21(5-13)33(22-7-15(27(40,41)42)2-16(8-22)28(43,44)45,23-9-17(29(46,47)48)3-18(10-23)30(49,50)51)24-11-19(31(52,53)54)4-20(12-24)32(55,56)57;18-16-7-6-15-11-19(9-8-14(15)10-16)12-17(20)13-4-2-1-3-5-13/h1-12H;1-11H,12H2/q-1;+1. The molecule has 0 aliphatic heterocycles. The number of benzene rings is 6. The highest BCUT2D eigenvalue weighted by Crippen LogP contribution is 2.41. The van der Waals surface area contributed by atoms with Crippen LogP contribution in [-0.2, 0) is 56.0 Å². The van der Waals surface area contributed by atoms with E-state index in [1.54, 1.807) is 24.4 Å². The summed E-state index contributed by atoms with van der Waals surface area (Å²) in [7, 11) is 0. The first-order valence-corrected chi connectivity index (χ1v) is 21.0. The van der Waals surface area contributed by atoms with Gasteiger partial charge in [-0.2, -0.15) is 132 Å². The van der Waals surface area contributed by atoms with Crippen molar-refractivity contribution in [1.82, 2.24) is 0 Å². The molecule has 2 nitrogen and oxygen atoms in total. The fourth-order valence-electron chi connectivity index (χ4n) is 8.26. The summed E-state index contributed by atoms with van der Waals surface area (Å²) >= 11 is 0. The Morgan fingerprint density at radius 2 is 0.636 bits per heavy atom. The Balaban J connectivity index is 0.000000397. The number of carbonyl (C=O) groups is 1. The molecule has 7 rings (SSSR count). The Morgan fingerprint density at radius 1 is 0.351 bits per heavy atom. The van der Waals surface area contributed by atoms with Crippen molar-refractivity contribution in [3.05, 3.63) is 196 Å². The molecule has 1 heterocycles. The first-order chi connectivity index (χ1) is 35.0. The second-order valence-electron chi connectivity index (χ2n) is 16.9. The minimum atomic E-state index is -6.13. The molecule has 410 valence electrons. The van der Waals surface area contributed by atoms with Crippen LogP contribution in [-0.4, -0.2) is 11.9 Å². The van der Waals surface area contributed by atoms with E-state index < -0.39 is 195 Å². The molecule has 0 radical (unpaired) electrons. The van der Waals surface area contributed by atoms with E-state index in [0.717, 1.165) is 10.8 Å². The van der Waals surface area contributed by atoms with Crippen LogP contribution in [0.3, 0.4) is 0 Å². The molecule has 0 spiro atoms. The summed E-state index contributed by atoms with van der Waals surface area (Å²) in [6.07, 6.45) is -51.2. The maximum absolute atomic E-state index is 14.2. The second-order valence-corrected chi connectivity index (χ2v) is 16.9. The topological polar surface area (TPSA) is 20.9 Å². The number of ketones is 1. The van der Waals surface area contributed by atoms with Gasteiger partial charge in [0.05, 0.1) is 44.5 Å². The summed E-state index contributed by atoms with van der Waals surface area (Å²) in [6.45, 7) is 0.275. The van der Waals surface area contributed by atoms with Crippen molar-refractivity contribution in [3.8, 4) is 0 Å². The minimum absolute atomic E-state index is 0.0528. The van der Waals surface area contributed by atoms with Crippen LogP contribution in [0.2, 0.25) is 0 Å². The smallest absolute Gasteiger partial charge is 0.287 e. The quantitative estimate of drug-likeness (QED) is 0.0674. The van der Waals surface area contributed by atoms with E-state index in [-0.39, 0.29) is 18.1 Å². The highest BCUT2D eigenvalue weighted by Gasteiger charge is 2.47.